The van der Waals surface area contributed by atoms with E-state index in [1.54, 1.807) is 0 Å². The summed E-state index contributed by atoms with van der Waals surface area (Å²) in [4.78, 5) is 7.11. The van der Waals surface area contributed by atoms with Crippen LogP contribution < -0.4 is 5.32 Å². The molecule has 0 aliphatic carbocycles. The van der Waals surface area contributed by atoms with Gasteiger partial charge >= 0.3 is 0 Å². The number of nitrogens with one attached hydrogen (secondary N) is 1. The third-order valence-corrected chi connectivity index (χ3v) is 3.77. The maximum absolute atomic E-state index is 4.69. The summed E-state index contributed by atoms with van der Waals surface area (Å²) in [6, 6.07) is 10.8. The summed E-state index contributed by atoms with van der Waals surface area (Å²) < 4.78 is 0. The molecule has 3 nitrogen and oxygen atoms in total. The number of guanidine groups is 1. The Kier molecular flexibility index (Phi) is 5.90. The van der Waals surface area contributed by atoms with E-state index in [-0.39, 0.29) is 0 Å². The molecule has 1 aromatic rings. The molecule has 0 aromatic heterocycles. The Hall–Kier alpha value is -1.51. The molecule has 1 saturated heterocycles. The first-order valence-corrected chi connectivity index (χ1v) is 7.90. The standard InChI is InChI=1S/C17H27N3/c1-3-11-19-17(18-4-2)20-12-10-16(14-20)13-15-8-6-5-7-9-15/h5-9,16H,3-4,10-14H2,1-2H3,(H,18,19). The van der Waals surface area contributed by atoms with Crippen molar-refractivity contribution < 1.29 is 0 Å². The van der Waals surface area contributed by atoms with Gasteiger partial charge in [0.2, 0.25) is 0 Å². The summed E-state index contributed by atoms with van der Waals surface area (Å²) in [5.74, 6) is 1.85. The Morgan fingerprint density at radius 3 is 2.80 bits per heavy atom. The molecule has 3 heteroatoms. The largest absolute Gasteiger partial charge is 0.357 e. The Bertz CT molecular complexity index is 414. The van der Waals surface area contributed by atoms with E-state index >= 15 is 0 Å². The van der Waals surface area contributed by atoms with Crippen LogP contribution in [0.1, 0.15) is 32.3 Å². The van der Waals surface area contributed by atoms with Gasteiger partial charge in [0.15, 0.2) is 5.96 Å². The SMILES string of the molecule is CCCN=C(NCC)N1CCC(Cc2ccccc2)C1. The lowest BCUT2D eigenvalue weighted by atomic mass is 9.99. The maximum atomic E-state index is 4.69. The fraction of sp³-hybridized carbons (Fsp3) is 0.588. The Balaban J connectivity index is 1.90. The van der Waals surface area contributed by atoms with Crippen molar-refractivity contribution in [2.75, 3.05) is 26.2 Å². The lowest BCUT2D eigenvalue weighted by Crippen LogP contribution is -2.40. The minimum Gasteiger partial charge on any atom is -0.357 e. The van der Waals surface area contributed by atoms with Crippen molar-refractivity contribution >= 4 is 5.96 Å². The molecule has 1 unspecified atom stereocenters. The first kappa shape index (κ1) is 14.9. The number of hydrogen-bond acceptors (Lipinski definition) is 1. The van der Waals surface area contributed by atoms with Gasteiger partial charge in [0.25, 0.3) is 0 Å². The zero-order chi connectivity index (χ0) is 14.2. The molecule has 1 N–H and O–H groups in total. The molecule has 20 heavy (non-hydrogen) atoms. The van der Waals surface area contributed by atoms with Crippen LogP contribution in [-0.2, 0) is 6.42 Å². The van der Waals surface area contributed by atoms with Gasteiger partial charge in [-0.2, -0.15) is 0 Å². The van der Waals surface area contributed by atoms with E-state index in [4.69, 9.17) is 0 Å². The third kappa shape index (κ3) is 4.26. The first-order valence-electron chi connectivity index (χ1n) is 7.90. The van der Waals surface area contributed by atoms with Crippen molar-refractivity contribution in [3.05, 3.63) is 35.9 Å². The average molecular weight is 273 g/mol. The molecule has 0 spiro atoms. The Morgan fingerprint density at radius 1 is 1.30 bits per heavy atom. The van der Waals surface area contributed by atoms with Gasteiger partial charge in [-0.3, -0.25) is 4.99 Å². The second kappa shape index (κ2) is 7.93. The second-order valence-electron chi connectivity index (χ2n) is 5.53. The molecular formula is C17H27N3. The van der Waals surface area contributed by atoms with Crippen molar-refractivity contribution in [2.24, 2.45) is 10.9 Å². The highest BCUT2D eigenvalue weighted by atomic mass is 15.3. The Labute approximate surface area is 123 Å². The van der Waals surface area contributed by atoms with Crippen LogP contribution >= 0.6 is 0 Å². The van der Waals surface area contributed by atoms with E-state index < -0.39 is 0 Å². The molecule has 1 aliphatic rings. The zero-order valence-electron chi connectivity index (χ0n) is 12.8. The molecule has 2 rings (SSSR count). The van der Waals surface area contributed by atoms with Gasteiger partial charge < -0.3 is 10.2 Å². The lowest BCUT2D eigenvalue weighted by Gasteiger charge is -2.21. The van der Waals surface area contributed by atoms with Gasteiger partial charge in [0.05, 0.1) is 0 Å². The summed E-state index contributed by atoms with van der Waals surface area (Å²) in [7, 11) is 0. The van der Waals surface area contributed by atoms with Gasteiger partial charge in [-0.05, 0) is 37.7 Å². The number of nitrogens with zero attached hydrogens (tertiary/aromatic N) is 2. The molecule has 1 aliphatic heterocycles. The molecule has 1 fully saturated rings. The van der Waals surface area contributed by atoms with Crippen LogP contribution in [0.15, 0.2) is 35.3 Å². The van der Waals surface area contributed by atoms with E-state index in [0.29, 0.717) is 0 Å². The molecule has 110 valence electrons. The minimum absolute atomic E-state index is 0.753. The highest BCUT2D eigenvalue weighted by Gasteiger charge is 2.24. The van der Waals surface area contributed by atoms with Crippen molar-refractivity contribution in [3.63, 3.8) is 0 Å². The molecule has 0 bridgehead atoms. The monoisotopic (exact) mass is 273 g/mol. The van der Waals surface area contributed by atoms with Crippen molar-refractivity contribution in [2.45, 2.75) is 33.1 Å². The Morgan fingerprint density at radius 2 is 2.10 bits per heavy atom. The van der Waals surface area contributed by atoms with Crippen LogP contribution in [0.3, 0.4) is 0 Å². The highest BCUT2D eigenvalue weighted by molar-refractivity contribution is 5.80. The predicted molar refractivity (Wildman–Crippen MR) is 86.1 cm³/mol. The van der Waals surface area contributed by atoms with E-state index in [2.05, 4.69) is 59.4 Å². The third-order valence-electron chi connectivity index (χ3n) is 3.77. The summed E-state index contributed by atoms with van der Waals surface area (Å²) >= 11 is 0. The number of benzene rings is 1. The van der Waals surface area contributed by atoms with Crippen LogP contribution in [0.5, 0.6) is 0 Å². The van der Waals surface area contributed by atoms with E-state index in [1.165, 1.54) is 18.4 Å². The normalized spacial score (nSPS) is 19.4. The van der Waals surface area contributed by atoms with E-state index in [1.807, 2.05) is 0 Å². The second-order valence-corrected chi connectivity index (χ2v) is 5.53. The van der Waals surface area contributed by atoms with Crippen molar-refractivity contribution in [1.29, 1.82) is 0 Å². The highest BCUT2D eigenvalue weighted by Crippen LogP contribution is 2.20. The fourth-order valence-electron chi connectivity index (χ4n) is 2.78. The summed E-state index contributed by atoms with van der Waals surface area (Å²) in [6.07, 6.45) is 3.56. The van der Waals surface area contributed by atoms with Gasteiger partial charge in [-0.1, -0.05) is 37.3 Å². The van der Waals surface area contributed by atoms with Gasteiger partial charge in [0, 0.05) is 26.2 Å². The number of likely N-dealkylation sites (tertiary alicyclic amines) is 1. The minimum atomic E-state index is 0.753. The molecule has 0 radical (unpaired) electrons. The summed E-state index contributed by atoms with van der Waals surface area (Å²) in [5, 5.41) is 3.42. The maximum Gasteiger partial charge on any atom is 0.193 e. The van der Waals surface area contributed by atoms with Crippen LogP contribution in [0, 0.1) is 5.92 Å². The zero-order valence-corrected chi connectivity index (χ0v) is 12.8. The van der Waals surface area contributed by atoms with Crippen molar-refractivity contribution in [3.8, 4) is 0 Å². The molecule has 1 atom stereocenters. The van der Waals surface area contributed by atoms with E-state index in [9.17, 15) is 0 Å². The quantitative estimate of drug-likeness (QED) is 0.660. The molecule has 1 heterocycles. The number of aliphatic imine (C=N–C) groups is 1. The van der Waals surface area contributed by atoms with Crippen LogP contribution in [0.2, 0.25) is 0 Å². The predicted octanol–water partition coefficient (Wildman–Crippen LogP) is 2.93. The van der Waals surface area contributed by atoms with E-state index in [0.717, 1.165) is 44.5 Å². The van der Waals surface area contributed by atoms with Gasteiger partial charge in [-0.25, -0.2) is 0 Å². The van der Waals surface area contributed by atoms with Crippen LogP contribution in [0.4, 0.5) is 0 Å². The lowest BCUT2D eigenvalue weighted by molar-refractivity contribution is 0.460. The smallest absolute Gasteiger partial charge is 0.193 e. The van der Waals surface area contributed by atoms with Crippen molar-refractivity contribution in [1.82, 2.24) is 10.2 Å². The number of hydrogen-bond donors (Lipinski definition) is 1. The fourth-order valence-corrected chi connectivity index (χ4v) is 2.78. The van der Waals surface area contributed by atoms with Gasteiger partial charge in [-0.15, -0.1) is 0 Å². The first-order chi connectivity index (χ1) is 9.83. The molecular weight excluding hydrogens is 246 g/mol. The molecule has 0 saturated carbocycles. The topological polar surface area (TPSA) is 27.6 Å². The van der Waals surface area contributed by atoms with Crippen LogP contribution in [-0.4, -0.2) is 37.0 Å². The molecule has 0 amide bonds. The van der Waals surface area contributed by atoms with Gasteiger partial charge in [0.1, 0.15) is 0 Å². The van der Waals surface area contributed by atoms with Crippen LogP contribution in [0.25, 0.3) is 0 Å². The summed E-state index contributed by atoms with van der Waals surface area (Å²) in [5.41, 5.74) is 1.45. The molecule has 1 aromatic carbocycles. The summed E-state index contributed by atoms with van der Waals surface area (Å²) in [6.45, 7) is 8.44. The number of rotatable bonds is 5. The average Bonchev–Trinajstić information content (AvgIpc) is 2.93.